The van der Waals surface area contributed by atoms with Crippen LogP contribution in [0, 0.1) is 0 Å². The van der Waals surface area contributed by atoms with Crippen molar-refractivity contribution < 1.29 is 50.5 Å². The van der Waals surface area contributed by atoms with Crippen molar-refractivity contribution >= 4 is 52.5 Å². The number of nitrogens with zero attached hydrogens (tertiary/aromatic N) is 2. The molecule has 3 amide bonds. The van der Waals surface area contributed by atoms with Gasteiger partial charge in [0.05, 0.1) is 6.04 Å². The molecule has 0 unspecified atom stereocenters. The second-order valence-electron chi connectivity index (χ2n) is 8.88. The van der Waals surface area contributed by atoms with Crippen LogP contribution >= 0.6 is 23.2 Å². The minimum Gasteiger partial charge on any atom is -0.445 e. The van der Waals surface area contributed by atoms with Crippen molar-refractivity contribution in [3.63, 3.8) is 0 Å². The number of rotatable bonds is 5. The molecule has 0 bridgehead atoms. The van der Waals surface area contributed by atoms with Crippen molar-refractivity contribution in [1.82, 2.24) is 5.32 Å². The van der Waals surface area contributed by atoms with E-state index in [0.29, 0.717) is 29.6 Å². The van der Waals surface area contributed by atoms with E-state index in [1.165, 1.54) is 0 Å². The third-order valence-electron chi connectivity index (χ3n) is 6.23. The molecule has 10 nitrogen and oxygen atoms in total. The number of carbonyl (C=O) groups is 3. The summed E-state index contributed by atoms with van der Waals surface area (Å²) < 4.78 is 5.16. The van der Waals surface area contributed by atoms with Crippen LogP contribution < -0.4 is 20.9 Å². The summed E-state index contributed by atoms with van der Waals surface area (Å²) in [6, 6.07) is 22.7. The molecule has 0 saturated carbocycles. The molecule has 232 valence electrons. The Labute approximate surface area is 269 Å². The fourth-order valence-electron chi connectivity index (χ4n) is 4.18. The predicted octanol–water partition coefficient (Wildman–Crippen LogP) is 3.76. The zero-order chi connectivity index (χ0) is 27.1. The standard InChI is InChI=1S/C18H17ClN2O3.C10H11ClN2O.CH4.2H2O.Pd/c19-14-6-8-15(9-7-14)21-11-10-16(17(21)22)20-18(23)24-12-13-4-2-1-3-5-13;11-7-1-3-8(4-2-7)13-6-5-9(12)10(13)14;;;;/h1-9,16H,10-12H2,(H,20,23);1-4,9H,5-6,12H2;1H4;2*1H2;/t16-;9-;;;;/m11..../s1. The van der Waals surface area contributed by atoms with Gasteiger partial charge in [-0.3, -0.25) is 9.59 Å². The van der Waals surface area contributed by atoms with E-state index >= 15 is 0 Å². The molecule has 7 N–H and O–H groups in total. The number of halogens is 2. The maximum Gasteiger partial charge on any atom is 0.408 e. The van der Waals surface area contributed by atoms with Gasteiger partial charge in [0.2, 0.25) is 11.8 Å². The first-order valence-corrected chi connectivity index (χ1v) is 12.9. The maximum atomic E-state index is 12.4. The average molecular weight is 714 g/mol. The van der Waals surface area contributed by atoms with Crippen LogP contribution in [0.5, 0.6) is 0 Å². The molecule has 2 heterocycles. The summed E-state index contributed by atoms with van der Waals surface area (Å²) in [6.07, 6.45) is 0.679. The summed E-state index contributed by atoms with van der Waals surface area (Å²) in [7, 11) is 0. The van der Waals surface area contributed by atoms with Crippen LogP contribution in [-0.2, 0) is 41.4 Å². The molecule has 3 aromatic rings. The van der Waals surface area contributed by atoms with E-state index in [1.54, 1.807) is 46.2 Å². The molecule has 5 rings (SSSR count). The number of carbonyl (C=O) groups excluding carboxylic acids is 3. The van der Waals surface area contributed by atoms with Gasteiger partial charge in [0.1, 0.15) is 12.6 Å². The summed E-state index contributed by atoms with van der Waals surface area (Å²) in [4.78, 5) is 39.2. The van der Waals surface area contributed by atoms with E-state index in [4.69, 9.17) is 33.7 Å². The van der Waals surface area contributed by atoms with E-state index in [-0.39, 0.29) is 63.3 Å². The Balaban J connectivity index is 0.000000812. The third kappa shape index (κ3) is 10.4. The average Bonchev–Trinajstić information content (AvgIpc) is 3.46. The van der Waals surface area contributed by atoms with Crippen molar-refractivity contribution in [2.75, 3.05) is 22.9 Å². The van der Waals surface area contributed by atoms with Crippen molar-refractivity contribution in [3.05, 3.63) is 94.5 Å². The maximum absolute atomic E-state index is 12.4. The third-order valence-corrected chi connectivity index (χ3v) is 6.74. The van der Waals surface area contributed by atoms with Gasteiger partial charge >= 0.3 is 6.09 Å². The van der Waals surface area contributed by atoms with Crippen LogP contribution in [0.4, 0.5) is 16.2 Å². The summed E-state index contributed by atoms with van der Waals surface area (Å²) in [5, 5.41) is 3.92. The molecule has 0 radical (unpaired) electrons. The molecule has 13 heteroatoms. The number of alkyl carbamates (subject to hydrolysis) is 1. The van der Waals surface area contributed by atoms with Gasteiger partial charge in [-0.05, 0) is 66.9 Å². The molecule has 2 aliphatic rings. The molecule has 2 saturated heterocycles. The number of nitrogens with one attached hydrogen (secondary N) is 1. The van der Waals surface area contributed by atoms with Crippen LogP contribution in [-0.4, -0.2) is 54.0 Å². The molecule has 2 fully saturated rings. The van der Waals surface area contributed by atoms with Gasteiger partial charge in [0.25, 0.3) is 0 Å². The molecule has 2 atom stereocenters. The SMILES string of the molecule is C.N[C@@H]1CCN(c2ccc(Cl)cc2)C1=O.O.O.O=C(N[C@@H]1CCN(c2ccc(Cl)cc2)C1=O)OCc1ccccc1.[Pd]. The Hall–Kier alpha value is -3.01. The first-order chi connectivity index (χ1) is 18.3. The molecule has 0 aliphatic carbocycles. The normalized spacial score (nSPS) is 16.9. The smallest absolute Gasteiger partial charge is 0.408 e. The quantitative estimate of drug-likeness (QED) is 0.384. The monoisotopic (exact) mass is 712 g/mol. The van der Waals surface area contributed by atoms with Gasteiger partial charge in [-0.15, -0.1) is 0 Å². The minimum atomic E-state index is -0.588. The van der Waals surface area contributed by atoms with Gasteiger partial charge in [0.15, 0.2) is 0 Å². The molecular weight excluding hydrogens is 678 g/mol. The van der Waals surface area contributed by atoms with E-state index in [9.17, 15) is 14.4 Å². The van der Waals surface area contributed by atoms with Crippen molar-refractivity contribution in [2.24, 2.45) is 5.73 Å². The number of amides is 3. The first kappa shape index (κ1) is 39.0. The fraction of sp³-hybridized carbons (Fsp3) is 0.276. The zero-order valence-electron chi connectivity index (χ0n) is 21.9. The molecule has 2 aliphatic heterocycles. The molecule has 0 aromatic heterocycles. The number of ether oxygens (including phenoxy) is 1. The van der Waals surface area contributed by atoms with Gasteiger partial charge in [-0.2, -0.15) is 0 Å². The van der Waals surface area contributed by atoms with E-state index in [1.807, 2.05) is 42.5 Å². The summed E-state index contributed by atoms with van der Waals surface area (Å²) in [5.41, 5.74) is 8.15. The Morgan fingerprint density at radius 2 is 1.29 bits per heavy atom. The summed E-state index contributed by atoms with van der Waals surface area (Å²) in [6.45, 7) is 1.42. The van der Waals surface area contributed by atoms with Crippen molar-refractivity contribution in [3.8, 4) is 0 Å². The van der Waals surface area contributed by atoms with Crippen molar-refractivity contribution in [1.29, 1.82) is 0 Å². The number of benzene rings is 3. The second kappa shape index (κ2) is 18.5. The molecule has 3 aromatic carbocycles. The molecule has 42 heavy (non-hydrogen) atoms. The number of hydrogen-bond acceptors (Lipinski definition) is 5. The van der Waals surface area contributed by atoms with Crippen molar-refractivity contribution in [2.45, 2.75) is 39.0 Å². The van der Waals surface area contributed by atoms with Gasteiger partial charge in [-0.25, -0.2) is 4.79 Å². The first-order valence-electron chi connectivity index (χ1n) is 12.2. The summed E-state index contributed by atoms with van der Waals surface area (Å²) in [5.74, 6) is -0.152. The number of nitrogens with two attached hydrogens (primary N) is 1. The number of anilines is 2. The fourth-order valence-corrected chi connectivity index (χ4v) is 4.43. The Kier molecular flexibility index (Phi) is 17.2. The molecular formula is C29H36Cl2N4O6Pd. The Morgan fingerprint density at radius 3 is 1.76 bits per heavy atom. The Bertz CT molecular complexity index is 1270. The topological polar surface area (TPSA) is 168 Å². The second-order valence-corrected chi connectivity index (χ2v) is 9.75. The Morgan fingerprint density at radius 1 is 0.810 bits per heavy atom. The number of hydrogen-bond donors (Lipinski definition) is 2. The predicted molar refractivity (Wildman–Crippen MR) is 162 cm³/mol. The van der Waals surface area contributed by atoms with E-state index in [0.717, 1.165) is 23.4 Å². The van der Waals surface area contributed by atoms with Gasteiger partial charge in [-0.1, -0.05) is 61.0 Å². The van der Waals surface area contributed by atoms with Crippen LogP contribution in [0.15, 0.2) is 78.9 Å². The van der Waals surface area contributed by atoms with E-state index in [2.05, 4.69) is 5.32 Å². The van der Waals surface area contributed by atoms with E-state index < -0.39 is 12.1 Å². The molecule has 0 spiro atoms. The minimum absolute atomic E-state index is 0. The van der Waals surface area contributed by atoms with Crippen LogP contribution in [0.1, 0.15) is 25.8 Å². The summed E-state index contributed by atoms with van der Waals surface area (Å²) >= 11 is 11.6. The zero-order valence-corrected chi connectivity index (χ0v) is 24.9. The largest absolute Gasteiger partial charge is 0.445 e. The van der Waals surface area contributed by atoms with Gasteiger partial charge < -0.3 is 36.5 Å². The van der Waals surface area contributed by atoms with Gasteiger partial charge in [0, 0.05) is 54.9 Å². The van der Waals surface area contributed by atoms with Crippen LogP contribution in [0.25, 0.3) is 0 Å². The van der Waals surface area contributed by atoms with Crippen LogP contribution in [0.3, 0.4) is 0 Å². The van der Waals surface area contributed by atoms with Crippen LogP contribution in [0.2, 0.25) is 10.0 Å².